The number of esters is 1. The summed E-state index contributed by atoms with van der Waals surface area (Å²) in [5.41, 5.74) is -0.964. The molecule has 4 saturated heterocycles. The van der Waals surface area contributed by atoms with Gasteiger partial charge in [0, 0.05) is 41.9 Å². The van der Waals surface area contributed by atoms with Crippen LogP contribution in [0.25, 0.3) is 6.08 Å². The second-order valence-corrected chi connectivity index (χ2v) is 22.2. The van der Waals surface area contributed by atoms with Gasteiger partial charge in [-0.1, -0.05) is 32.0 Å². The minimum Gasteiger partial charge on any atom is -0.507 e. The first-order chi connectivity index (χ1) is 31.3. The van der Waals surface area contributed by atoms with Crippen molar-refractivity contribution in [3.05, 3.63) is 47.2 Å². The van der Waals surface area contributed by atoms with E-state index < -0.39 is 84.4 Å². The molecule has 9 aliphatic rings. The zero-order valence-electron chi connectivity index (χ0n) is 39.5. The molecule has 0 radical (unpaired) electrons. The molecule has 0 spiro atoms. The highest BCUT2D eigenvalue weighted by Gasteiger charge is 2.71. The van der Waals surface area contributed by atoms with Crippen molar-refractivity contribution in [3.8, 4) is 5.75 Å². The van der Waals surface area contributed by atoms with Gasteiger partial charge in [0.2, 0.25) is 0 Å². The number of cyclic esters (lactones) is 1. The summed E-state index contributed by atoms with van der Waals surface area (Å²) in [6, 6.07) is 6.89. The predicted molar refractivity (Wildman–Crippen MR) is 236 cm³/mol. The van der Waals surface area contributed by atoms with Crippen LogP contribution in [-0.2, 0) is 47.4 Å². The Morgan fingerprint density at radius 1 is 0.727 bits per heavy atom. The number of carbonyl (C=O) groups excluding carboxylic acids is 1. The van der Waals surface area contributed by atoms with Crippen LogP contribution in [0, 0.1) is 34.5 Å². The Morgan fingerprint density at radius 2 is 1.38 bits per heavy atom. The number of aliphatic hydroxyl groups excluding tert-OH is 3. The van der Waals surface area contributed by atoms with Crippen molar-refractivity contribution >= 4 is 12.0 Å². The summed E-state index contributed by atoms with van der Waals surface area (Å²) >= 11 is 0. The number of aromatic hydroxyl groups is 1. The van der Waals surface area contributed by atoms with Gasteiger partial charge in [-0.05, 0) is 127 Å². The van der Waals surface area contributed by atoms with E-state index in [9.17, 15) is 30.3 Å². The van der Waals surface area contributed by atoms with Crippen molar-refractivity contribution in [2.45, 2.75) is 216 Å². The molecular formula is C51H72O15. The number of phenolic OH excluding ortho intramolecular Hbond substituents is 1. The number of rotatable bonds is 8. The average Bonchev–Trinajstić information content (AvgIpc) is 3.87. The van der Waals surface area contributed by atoms with Crippen LogP contribution in [0.4, 0.5) is 0 Å². The lowest BCUT2D eigenvalue weighted by molar-refractivity contribution is -0.334. The van der Waals surface area contributed by atoms with E-state index in [1.807, 2.05) is 47.6 Å². The molecule has 4 saturated carbocycles. The Balaban J connectivity index is 0.730. The minimum absolute atomic E-state index is 0.0167. The predicted octanol–water partition coefficient (Wildman–Crippen LogP) is 5.76. The number of carbonyl (C=O) groups is 1. The maximum absolute atomic E-state index is 13.0. The van der Waals surface area contributed by atoms with E-state index in [1.165, 1.54) is 6.08 Å². The molecule has 21 atom stereocenters. The fourth-order valence-electron chi connectivity index (χ4n) is 14.6. The van der Waals surface area contributed by atoms with Crippen LogP contribution in [-0.4, -0.2) is 129 Å². The van der Waals surface area contributed by atoms with Gasteiger partial charge in [-0.15, -0.1) is 0 Å². The van der Waals surface area contributed by atoms with Gasteiger partial charge in [-0.25, -0.2) is 4.79 Å². The van der Waals surface area contributed by atoms with Gasteiger partial charge in [0.1, 0.15) is 29.8 Å². The first-order valence-electron chi connectivity index (χ1n) is 24.7. The molecule has 6 unspecified atom stereocenters. The molecule has 1 aromatic carbocycles. The number of benzene rings is 1. The SMILES string of the molecule is CC1O[C@@H](O[C@H]2CC[C@@]3(C)[C@H](CC[C@@H]4[C@@H]3C[C@@H](O)[C@]3(C)[C@@H](C5=CC(=O)OC5=Cc5ccccc5O)CC[C@]43O)C2)C[C@@H](O)C1O[C@@H]1C[C@@H](O)C(O[C@H]2C[C@H]3OC(C)(C)OC3C(C)O2)C(C)O1. The zero-order chi connectivity index (χ0) is 46.7. The number of allylic oxidation sites excluding steroid dienone is 1. The molecule has 4 aliphatic carbocycles. The highest BCUT2D eigenvalue weighted by molar-refractivity contribution is 5.90. The highest BCUT2D eigenvalue weighted by Crippen LogP contribution is 2.70. The number of fused-ring (bicyclic) bond motifs is 6. The summed E-state index contributed by atoms with van der Waals surface area (Å²) in [5, 5.41) is 58.4. The monoisotopic (exact) mass is 924 g/mol. The van der Waals surface area contributed by atoms with Crippen LogP contribution in [0.15, 0.2) is 41.7 Å². The van der Waals surface area contributed by atoms with Crippen molar-refractivity contribution in [1.82, 2.24) is 0 Å². The third kappa shape index (κ3) is 8.12. The van der Waals surface area contributed by atoms with Crippen molar-refractivity contribution < 1.29 is 73.0 Å². The van der Waals surface area contributed by atoms with E-state index in [-0.39, 0.29) is 66.2 Å². The highest BCUT2D eigenvalue weighted by atomic mass is 16.8. The van der Waals surface area contributed by atoms with Gasteiger partial charge in [0.25, 0.3) is 0 Å². The van der Waals surface area contributed by atoms with E-state index in [2.05, 4.69) is 6.92 Å². The van der Waals surface area contributed by atoms with E-state index in [0.717, 1.165) is 32.1 Å². The maximum Gasteiger partial charge on any atom is 0.336 e. The Hall–Kier alpha value is -2.51. The summed E-state index contributed by atoms with van der Waals surface area (Å²) in [4.78, 5) is 12.8. The minimum atomic E-state index is -1.14. The number of aliphatic hydroxyl groups is 4. The van der Waals surface area contributed by atoms with Crippen LogP contribution in [0.3, 0.4) is 0 Å². The molecule has 0 aromatic heterocycles. The number of para-hydroxylation sites is 1. The first kappa shape index (κ1) is 47.2. The molecule has 5 aliphatic heterocycles. The summed E-state index contributed by atoms with van der Waals surface area (Å²) in [6.45, 7) is 13.8. The molecule has 0 bridgehead atoms. The molecule has 5 heterocycles. The van der Waals surface area contributed by atoms with Crippen LogP contribution >= 0.6 is 0 Å². The molecule has 10 rings (SSSR count). The van der Waals surface area contributed by atoms with Gasteiger partial charge in [-0.2, -0.15) is 0 Å². The molecule has 66 heavy (non-hydrogen) atoms. The second kappa shape index (κ2) is 17.4. The van der Waals surface area contributed by atoms with Crippen LogP contribution in [0.5, 0.6) is 5.75 Å². The molecule has 15 heteroatoms. The zero-order valence-corrected chi connectivity index (χ0v) is 39.5. The quantitative estimate of drug-likeness (QED) is 0.156. The Morgan fingerprint density at radius 3 is 2.06 bits per heavy atom. The topological polar surface area (TPSA) is 201 Å². The average molecular weight is 925 g/mol. The molecule has 0 amide bonds. The van der Waals surface area contributed by atoms with Crippen molar-refractivity contribution in [2.24, 2.45) is 34.5 Å². The van der Waals surface area contributed by atoms with Gasteiger partial charge in [0.05, 0.1) is 54.4 Å². The van der Waals surface area contributed by atoms with Crippen LogP contribution < -0.4 is 0 Å². The molecule has 15 nitrogen and oxygen atoms in total. The van der Waals surface area contributed by atoms with E-state index in [4.69, 9.17) is 42.6 Å². The molecule has 5 N–H and O–H groups in total. The smallest absolute Gasteiger partial charge is 0.336 e. The summed E-state index contributed by atoms with van der Waals surface area (Å²) in [7, 11) is 0. The summed E-state index contributed by atoms with van der Waals surface area (Å²) < 4.78 is 55.8. The summed E-state index contributed by atoms with van der Waals surface area (Å²) in [5.74, 6) is -0.645. The lowest BCUT2D eigenvalue weighted by Gasteiger charge is -2.65. The van der Waals surface area contributed by atoms with Gasteiger partial charge < -0.3 is 68.2 Å². The molecule has 8 fully saturated rings. The Kier molecular flexibility index (Phi) is 12.4. The fourth-order valence-corrected chi connectivity index (χ4v) is 14.6. The number of hydrogen-bond acceptors (Lipinski definition) is 15. The van der Waals surface area contributed by atoms with Crippen LogP contribution in [0.2, 0.25) is 0 Å². The molecule has 366 valence electrons. The van der Waals surface area contributed by atoms with Crippen molar-refractivity contribution in [1.29, 1.82) is 0 Å². The summed E-state index contributed by atoms with van der Waals surface area (Å²) in [6.07, 6.45) is 2.34. The number of phenols is 1. The Labute approximate surface area is 388 Å². The fraction of sp³-hybridized carbons (Fsp3) is 0.784. The van der Waals surface area contributed by atoms with E-state index in [1.54, 1.807) is 24.3 Å². The lowest BCUT2D eigenvalue weighted by Crippen LogP contribution is -2.67. The largest absolute Gasteiger partial charge is 0.507 e. The number of hydrogen-bond donors (Lipinski definition) is 5. The molecular weight excluding hydrogens is 853 g/mol. The van der Waals surface area contributed by atoms with Gasteiger partial charge in [-0.3, -0.25) is 0 Å². The molecule has 1 aromatic rings. The van der Waals surface area contributed by atoms with Gasteiger partial charge >= 0.3 is 5.97 Å². The van der Waals surface area contributed by atoms with Crippen molar-refractivity contribution in [3.63, 3.8) is 0 Å². The van der Waals surface area contributed by atoms with E-state index >= 15 is 0 Å². The maximum atomic E-state index is 13.0. The lowest BCUT2D eigenvalue weighted by atomic mass is 9.42. The van der Waals surface area contributed by atoms with Crippen LogP contribution in [0.1, 0.15) is 125 Å². The standard InChI is InChI=1S/C51H72O15/c1-25-45(63-43-23-37(54)46(26(2)59-43)64-44-24-39-47(27(3)60-44)66-48(4,5)65-39)36(53)22-42(58-25)61-30-14-16-49(6)29(19-30)12-13-33-34(49)21-40(55)50(7)32(15-17-51(33,50)57)31-20-41(56)62-38(31)18-28-10-8-9-11-35(28)52/h8-11,18,20,25-27,29-30,32-34,36-37,39-40,42-47,52-55,57H,12-17,19,21-24H2,1-7H3/t25?,26?,27?,29-,30+,32-,33-,34+,36-,37-,39-,40-,42+,43-,44+,45?,46?,47?,49+,50+,51+/m1/s1. The third-order valence-corrected chi connectivity index (χ3v) is 18.0. The first-order valence-corrected chi connectivity index (χ1v) is 24.7. The van der Waals surface area contributed by atoms with Gasteiger partial charge in [0.15, 0.2) is 24.7 Å². The normalized spacial score (nSPS) is 50.5. The van der Waals surface area contributed by atoms with E-state index in [0.29, 0.717) is 48.5 Å². The second-order valence-electron chi connectivity index (χ2n) is 22.2. The number of ether oxygens (including phenoxy) is 9. The Bertz CT molecular complexity index is 2020. The third-order valence-electron chi connectivity index (χ3n) is 18.0. The van der Waals surface area contributed by atoms with Crippen molar-refractivity contribution in [2.75, 3.05) is 0 Å².